The van der Waals surface area contributed by atoms with Gasteiger partial charge in [0, 0.05) is 28.7 Å². The Hall–Kier alpha value is -3.31. The standard InChI is InChI=1S/C22H18ClN3O2/c1-15-3-2-12-26-13-20(25-22(15)26)16-4-8-18(9-5-16)24-21(27)14-28-19-10-6-17(23)7-11-19/h2-13H,14H2,1H3,(H,24,27). The van der Waals surface area contributed by atoms with Gasteiger partial charge in [-0.25, -0.2) is 4.98 Å². The van der Waals surface area contributed by atoms with E-state index in [1.54, 1.807) is 24.3 Å². The van der Waals surface area contributed by atoms with Gasteiger partial charge in [-0.3, -0.25) is 4.79 Å². The summed E-state index contributed by atoms with van der Waals surface area (Å²) < 4.78 is 7.46. The van der Waals surface area contributed by atoms with Crippen molar-refractivity contribution in [3.8, 4) is 17.0 Å². The molecule has 5 nitrogen and oxygen atoms in total. The average Bonchev–Trinajstić information content (AvgIpc) is 3.14. The van der Waals surface area contributed by atoms with Crippen molar-refractivity contribution in [3.63, 3.8) is 0 Å². The Labute approximate surface area is 167 Å². The van der Waals surface area contributed by atoms with Gasteiger partial charge < -0.3 is 14.5 Å². The van der Waals surface area contributed by atoms with Crippen LogP contribution in [0.1, 0.15) is 5.56 Å². The number of ether oxygens (including phenoxy) is 1. The number of carbonyl (C=O) groups excluding carboxylic acids is 1. The molecule has 0 spiro atoms. The SMILES string of the molecule is Cc1cccn2cc(-c3ccc(NC(=O)COc4ccc(Cl)cc4)cc3)nc12. The molecule has 0 aliphatic heterocycles. The molecule has 1 amide bonds. The normalized spacial score (nSPS) is 10.8. The van der Waals surface area contributed by atoms with Gasteiger partial charge in [-0.05, 0) is 55.0 Å². The van der Waals surface area contributed by atoms with Gasteiger partial charge in [0.2, 0.25) is 0 Å². The molecule has 0 saturated carbocycles. The molecular formula is C22H18ClN3O2. The summed E-state index contributed by atoms with van der Waals surface area (Å²) in [7, 11) is 0. The molecule has 0 aliphatic rings. The minimum Gasteiger partial charge on any atom is -0.484 e. The van der Waals surface area contributed by atoms with Crippen LogP contribution in [0.15, 0.2) is 73.1 Å². The Morgan fingerprint density at radius 1 is 1.11 bits per heavy atom. The van der Waals surface area contributed by atoms with Gasteiger partial charge in [-0.15, -0.1) is 0 Å². The highest BCUT2D eigenvalue weighted by Crippen LogP contribution is 2.22. The molecule has 0 radical (unpaired) electrons. The van der Waals surface area contributed by atoms with Crippen molar-refractivity contribution in [2.45, 2.75) is 6.92 Å². The summed E-state index contributed by atoms with van der Waals surface area (Å²) in [6, 6.07) is 18.5. The van der Waals surface area contributed by atoms with Gasteiger partial charge in [-0.2, -0.15) is 0 Å². The van der Waals surface area contributed by atoms with Crippen molar-refractivity contribution in [2.75, 3.05) is 11.9 Å². The van der Waals surface area contributed by atoms with Crippen LogP contribution >= 0.6 is 11.6 Å². The summed E-state index contributed by atoms with van der Waals surface area (Å²) in [4.78, 5) is 16.8. The van der Waals surface area contributed by atoms with Crippen LogP contribution in [0, 0.1) is 6.92 Å². The second-order valence-electron chi connectivity index (χ2n) is 6.42. The summed E-state index contributed by atoms with van der Waals surface area (Å²) in [5, 5.41) is 3.45. The largest absolute Gasteiger partial charge is 0.484 e. The monoisotopic (exact) mass is 391 g/mol. The highest BCUT2D eigenvalue weighted by atomic mass is 35.5. The van der Waals surface area contributed by atoms with Crippen molar-refractivity contribution in [1.29, 1.82) is 0 Å². The van der Waals surface area contributed by atoms with Crippen molar-refractivity contribution >= 4 is 28.8 Å². The minimum atomic E-state index is -0.231. The van der Waals surface area contributed by atoms with Crippen molar-refractivity contribution in [1.82, 2.24) is 9.38 Å². The van der Waals surface area contributed by atoms with Crippen molar-refractivity contribution in [2.24, 2.45) is 0 Å². The third-order valence-electron chi connectivity index (χ3n) is 4.33. The maximum Gasteiger partial charge on any atom is 0.262 e. The predicted molar refractivity (Wildman–Crippen MR) is 111 cm³/mol. The molecule has 1 N–H and O–H groups in total. The van der Waals surface area contributed by atoms with Crippen LogP contribution in [0.25, 0.3) is 16.9 Å². The van der Waals surface area contributed by atoms with Gasteiger partial charge in [-0.1, -0.05) is 29.8 Å². The lowest BCUT2D eigenvalue weighted by atomic mass is 10.1. The lowest BCUT2D eigenvalue weighted by Crippen LogP contribution is -2.20. The van der Waals surface area contributed by atoms with E-state index in [-0.39, 0.29) is 12.5 Å². The molecular weight excluding hydrogens is 374 g/mol. The first-order chi connectivity index (χ1) is 13.6. The summed E-state index contributed by atoms with van der Waals surface area (Å²) in [5.41, 5.74) is 4.64. The number of carbonyl (C=O) groups is 1. The highest BCUT2D eigenvalue weighted by molar-refractivity contribution is 6.30. The van der Waals surface area contributed by atoms with Crippen molar-refractivity contribution in [3.05, 3.63) is 83.6 Å². The van der Waals surface area contributed by atoms with Crippen LogP contribution in [0.4, 0.5) is 5.69 Å². The number of halogens is 1. The smallest absolute Gasteiger partial charge is 0.262 e. The van der Waals surface area contributed by atoms with E-state index < -0.39 is 0 Å². The van der Waals surface area contributed by atoms with Crippen LogP contribution in [0.5, 0.6) is 5.75 Å². The molecule has 0 fully saturated rings. The zero-order chi connectivity index (χ0) is 19.5. The van der Waals surface area contributed by atoms with Gasteiger partial charge in [0.1, 0.15) is 11.4 Å². The number of anilines is 1. The topological polar surface area (TPSA) is 55.6 Å². The predicted octanol–water partition coefficient (Wildman–Crippen LogP) is 4.98. The van der Waals surface area contributed by atoms with E-state index in [1.807, 2.05) is 60.1 Å². The van der Waals surface area contributed by atoms with Crippen LogP contribution in [0.2, 0.25) is 5.02 Å². The molecule has 28 heavy (non-hydrogen) atoms. The fraction of sp³-hybridized carbons (Fsp3) is 0.0909. The Kier molecular flexibility index (Phi) is 5.00. The van der Waals surface area contributed by atoms with Crippen LogP contribution in [-0.4, -0.2) is 21.9 Å². The number of aryl methyl sites for hydroxylation is 1. The summed E-state index contributed by atoms with van der Waals surface area (Å²) >= 11 is 5.83. The maximum atomic E-state index is 12.1. The number of fused-ring (bicyclic) bond motifs is 1. The number of amides is 1. The number of nitrogens with one attached hydrogen (secondary N) is 1. The number of rotatable bonds is 5. The molecule has 0 bridgehead atoms. The third-order valence-corrected chi connectivity index (χ3v) is 4.58. The molecule has 2 heterocycles. The minimum absolute atomic E-state index is 0.0743. The first kappa shape index (κ1) is 18.1. The fourth-order valence-corrected chi connectivity index (χ4v) is 3.02. The lowest BCUT2D eigenvalue weighted by molar-refractivity contribution is -0.118. The van der Waals surface area contributed by atoms with Gasteiger partial charge >= 0.3 is 0 Å². The molecule has 0 saturated heterocycles. The van der Waals surface area contributed by atoms with Gasteiger partial charge in [0.15, 0.2) is 6.61 Å². The third kappa shape index (κ3) is 4.00. The van der Waals surface area contributed by atoms with E-state index >= 15 is 0 Å². The van der Waals surface area contributed by atoms with E-state index in [4.69, 9.17) is 16.3 Å². The molecule has 140 valence electrons. The Morgan fingerprint density at radius 2 is 1.86 bits per heavy atom. The lowest BCUT2D eigenvalue weighted by Gasteiger charge is -2.08. The zero-order valence-electron chi connectivity index (χ0n) is 15.2. The number of pyridine rings is 1. The molecule has 4 rings (SSSR count). The van der Waals surface area contributed by atoms with Crippen LogP contribution in [-0.2, 0) is 4.79 Å². The summed E-state index contributed by atoms with van der Waals surface area (Å²) in [5.74, 6) is 0.364. The Balaban J connectivity index is 1.40. The quantitative estimate of drug-likeness (QED) is 0.522. The van der Waals surface area contributed by atoms with E-state index in [9.17, 15) is 4.79 Å². The van der Waals surface area contributed by atoms with Crippen LogP contribution in [0.3, 0.4) is 0 Å². The van der Waals surface area contributed by atoms with E-state index in [1.165, 1.54) is 0 Å². The number of hydrogen-bond acceptors (Lipinski definition) is 3. The average molecular weight is 392 g/mol. The number of nitrogens with zero attached hydrogens (tertiary/aromatic N) is 2. The molecule has 2 aromatic carbocycles. The van der Waals surface area contributed by atoms with Gasteiger partial charge in [0.25, 0.3) is 5.91 Å². The summed E-state index contributed by atoms with van der Waals surface area (Å²) in [6.07, 6.45) is 3.98. The second kappa shape index (κ2) is 7.74. The first-order valence-electron chi connectivity index (χ1n) is 8.81. The van der Waals surface area contributed by atoms with Crippen LogP contribution < -0.4 is 10.1 Å². The molecule has 0 aliphatic carbocycles. The fourth-order valence-electron chi connectivity index (χ4n) is 2.89. The number of imidazole rings is 1. The molecule has 4 aromatic rings. The zero-order valence-corrected chi connectivity index (χ0v) is 16.0. The Morgan fingerprint density at radius 3 is 2.57 bits per heavy atom. The second-order valence-corrected chi connectivity index (χ2v) is 6.85. The Bertz CT molecular complexity index is 1120. The number of aromatic nitrogens is 2. The number of benzene rings is 2. The highest BCUT2D eigenvalue weighted by Gasteiger charge is 2.08. The van der Waals surface area contributed by atoms with Gasteiger partial charge in [0.05, 0.1) is 5.69 Å². The van der Waals surface area contributed by atoms with E-state index in [0.29, 0.717) is 16.5 Å². The molecule has 6 heteroatoms. The molecule has 2 aromatic heterocycles. The first-order valence-corrected chi connectivity index (χ1v) is 9.19. The van der Waals surface area contributed by atoms with E-state index in [0.717, 1.165) is 22.5 Å². The number of hydrogen-bond donors (Lipinski definition) is 1. The molecule has 0 atom stereocenters. The van der Waals surface area contributed by atoms with Crippen molar-refractivity contribution < 1.29 is 9.53 Å². The molecule has 0 unspecified atom stereocenters. The maximum absolute atomic E-state index is 12.1. The van der Waals surface area contributed by atoms with E-state index in [2.05, 4.69) is 10.3 Å². The summed E-state index contributed by atoms with van der Waals surface area (Å²) in [6.45, 7) is 1.96.